The van der Waals surface area contributed by atoms with E-state index in [4.69, 9.17) is 0 Å². The summed E-state index contributed by atoms with van der Waals surface area (Å²) in [5.74, 6) is 0. The van der Waals surface area contributed by atoms with Crippen LogP contribution in [0.15, 0.2) is 188 Å². The van der Waals surface area contributed by atoms with Crippen molar-refractivity contribution in [1.29, 1.82) is 0 Å². The lowest BCUT2D eigenvalue weighted by Crippen LogP contribution is -2.88. The predicted molar refractivity (Wildman–Crippen MR) is 260 cm³/mol. The van der Waals surface area contributed by atoms with Gasteiger partial charge in [0.25, 0.3) is 6.71 Å². The summed E-state index contributed by atoms with van der Waals surface area (Å²) in [6, 6.07) is 72.0. The fourth-order valence-corrected chi connectivity index (χ4v) is 16.0. The van der Waals surface area contributed by atoms with Gasteiger partial charge in [0.1, 0.15) is 0 Å². The molecule has 11 rings (SSSR count). The van der Waals surface area contributed by atoms with Crippen LogP contribution in [0.5, 0.6) is 0 Å². The third-order valence-electron chi connectivity index (χ3n) is 13.5. The number of anilines is 6. The lowest BCUT2D eigenvalue weighted by atomic mass is 9.33. The zero-order chi connectivity index (χ0) is 41.0. The van der Waals surface area contributed by atoms with Gasteiger partial charge in [0, 0.05) is 34.0 Å². The van der Waals surface area contributed by atoms with Crippen molar-refractivity contribution >= 4 is 86.0 Å². The molecule has 0 aromatic heterocycles. The lowest BCUT2D eigenvalue weighted by Gasteiger charge is -2.51. The molecule has 0 fully saturated rings. The Labute approximate surface area is 356 Å². The van der Waals surface area contributed by atoms with E-state index in [0.29, 0.717) is 0 Å². The average molecular weight is 789 g/mol. The van der Waals surface area contributed by atoms with Crippen molar-refractivity contribution in [2.45, 2.75) is 52.4 Å². The minimum absolute atomic E-state index is 0.0565. The van der Waals surface area contributed by atoms with E-state index < -0.39 is 8.07 Å². The zero-order valence-corrected chi connectivity index (χ0v) is 36.4. The van der Waals surface area contributed by atoms with Gasteiger partial charge in [-0.1, -0.05) is 187 Å². The van der Waals surface area contributed by atoms with Crippen molar-refractivity contribution in [1.82, 2.24) is 0 Å². The number of rotatable bonds is 5. The average Bonchev–Trinajstić information content (AvgIpc) is 3.27. The van der Waals surface area contributed by atoms with Crippen LogP contribution < -0.4 is 46.9 Å². The fourth-order valence-electron chi connectivity index (χ4n) is 10.7. The highest BCUT2D eigenvalue weighted by Gasteiger charge is 2.56. The van der Waals surface area contributed by atoms with E-state index in [1.807, 2.05) is 0 Å². The van der Waals surface area contributed by atoms with Crippen molar-refractivity contribution in [3.05, 3.63) is 199 Å². The molecule has 8 aromatic carbocycles. The van der Waals surface area contributed by atoms with Gasteiger partial charge in [-0.05, 0) is 107 Å². The SMILES string of the molecule is CC(C)(C)c1ccc(-c2ccccc2N2c3cccc4c3B3c5c(cccc5[Si](c5ccccc5)(c5ccccc5)c5cccc2c53)N4c2ccc(C(C)(C)C)cc2)cc1. The minimum atomic E-state index is -2.91. The van der Waals surface area contributed by atoms with Gasteiger partial charge in [0.05, 0.1) is 5.69 Å². The van der Waals surface area contributed by atoms with Crippen molar-refractivity contribution in [3.63, 3.8) is 0 Å². The quantitative estimate of drug-likeness (QED) is 0.160. The van der Waals surface area contributed by atoms with E-state index in [1.165, 1.54) is 93.5 Å². The van der Waals surface area contributed by atoms with E-state index in [9.17, 15) is 0 Å². The van der Waals surface area contributed by atoms with Crippen molar-refractivity contribution < 1.29 is 0 Å². The standard InChI is InChI=1S/C56H49BN2Si/c1-55(2,3)39-32-30-38(31-33-39)44-22-13-14-23-45(44)59-47-25-15-24-46-52(47)57-53-48(58(46)41-36-34-40(35-37-41)56(4,5)6)26-16-28-50(53)60(42-18-9-7-10-19-42,43-20-11-8-12-21-43)51-29-17-27-49(59)54(51)57/h7-37H,1-6H3. The van der Waals surface area contributed by atoms with Crippen LogP contribution in [-0.4, -0.2) is 14.8 Å². The first kappa shape index (κ1) is 36.7. The van der Waals surface area contributed by atoms with Crippen molar-refractivity contribution in [2.24, 2.45) is 0 Å². The molecule has 60 heavy (non-hydrogen) atoms. The van der Waals surface area contributed by atoms with Gasteiger partial charge in [-0.25, -0.2) is 0 Å². The molecule has 2 nitrogen and oxygen atoms in total. The summed E-state index contributed by atoms with van der Waals surface area (Å²) in [4.78, 5) is 5.18. The summed E-state index contributed by atoms with van der Waals surface area (Å²) in [5, 5.41) is 5.78. The van der Waals surface area contributed by atoms with Crippen molar-refractivity contribution in [2.75, 3.05) is 9.80 Å². The monoisotopic (exact) mass is 788 g/mol. The molecule has 0 radical (unpaired) electrons. The molecule has 0 spiro atoms. The topological polar surface area (TPSA) is 6.48 Å². The number of hydrogen-bond acceptors (Lipinski definition) is 2. The number of benzene rings is 8. The highest BCUT2D eigenvalue weighted by molar-refractivity contribution is 7.27. The van der Waals surface area contributed by atoms with E-state index in [-0.39, 0.29) is 17.5 Å². The molecule has 0 amide bonds. The summed E-state index contributed by atoms with van der Waals surface area (Å²) < 4.78 is 0. The Hall–Kier alpha value is -6.36. The highest BCUT2D eigenvalue weighted by Crippen LogP contribution is 2.47. The molecule has 3 heterocycles. The summed E-state index contributed by atoms with van der Waals surface area (Å²) >= 11 is 0. The Morgan fingerprint density at radius 1 is 0.367 bits per heavy atom. The molecular formula is C56H49BN2Si. The molecular weight excluding hydrogens is 740 g/mol. The fraction of sp³-hybridized carbons (Fsp3) is 0.143. The Balaban J connectivity index is 1.26. The molecule has 0 saturated carbocycles. The third kappa shape index (κ3) is 5.26. The maximum Gasteiger partial charge on any atom is 0.251 e. The van der Waals surface area contributed by atoms with Crippen molar-refractivity contribution in [3.8, 4) is 11.1 Å². The Bertz CT molecular complexity index is 2900. The largest absolute Gasteiger partial charge is 0.311 e. The molecule has 0 unspecified atom stereocenters. The second kappa shape index (κ2) is 13.3. The highest BCUT2D eigenvalue weighted by atomic mass is 28.3. The Morgan fingerprint density at radius 2 is 0.783 bits per heavy atom. The summed E-state index contributed by atoms with van der Waals surface area (Å²) in [6.07, 6.45) is 0. The Morgan fingerprint density at radius 3 is 1.32 bits per heavy atom. The van der Waals surface area contributed by atoms with Crippen LogP contribution in [0.3, 0.4) is 0 Å². The van der Waals surface area contributed by atoms with E-state index in [0.717, 1.165) is 0 Å². The molecule has 0 aliphatic carbocycles. The molecule has 0 N–H and O–H groups in total. The van der Waals surface area contributed by atoms with Crippen LogP contribution in [0.4, 0.5) is 34.1 Å². The molecule has 0 saturated heterocycles. The maximum atomic E-state index is 2.61. The van der Waals surface area contributed by atoms with Gasteiger partial charge >= 0.3 is 0 Å². The predicted octanol–water partition coefficient (Wildman–Crippen LogP) is 9.72. The summed E-state index contributed by atoms with van der Waals surface area (Å²) in [5.41, 5.74) is 16.9. The molecule has 4 heteroatoms. The smallest absolute Gasteiger partial charge is 0.251 e. The first-order valence-electron chi connectivity index (χ1n) is 21.5. The molecule has 3 aliphatic heterocycles. The maximum absolute atomic E-state index is 2.91. The first-order valence-corrected chi connectivity index (χ1v) is 23.5. The molecule has 8 aromatic rings. The van der Waals surface area contributed by atoms with Gasteiger partial charge in [0.2, 0.25) is 0 Å². The molecule has 3 aliphatic rings. The number of nitrogens with zero attached hydrogens (tertiary/aromatic N) is 2. The van der Waals surface area contributed by atoms with Crippen LogP contribution >= 0.6 is 0 Å². The van der Waals surface area contributed by atoms with Crippen LogP contribution in [0.2, 0.25) is 0 Å². The first-order chi connectivity index (χ1) is 29.1. The summed E-state index contributed by atoms with van der Waals surface area (Å²) in [6.45, 7) is 13.8. The second-order valence-electron chi connectivity index (χ2n) is 18.9. The number of hydrogen-bond donors (Lipinski definition) is 0. The Kier molecular flexibility index (Phi) is 8.15. The molecule has 0 bridgehead atoms. The molecule has 290 valence electrons. The van der Waals surface area contributed by atoms with Crippen LogP contribution in [0.1, 0.15) is 52.7 Å². The lowest BCUT2D eigenvalue weighted by molar-refractivity contribution is 0.590. The van der Waals surface area contributed by atoms with Crippen LogP contribution in [-0.2, 0) is 10.8 Å². The van der Waals surface area contributed by atoms with Gasteiger partial charge in [-0.15, -0.1) is 0 Å². The minimum Gasteiger partial charge on any atom is -0.311 e. The van der Waals surface area contributed by atoms with E-state index in [2.05, 4.69) is 239 Å². The van der Waals surface area contributed by atoms with Gasteiger partial charge in [-0.2, -0.15) is 0 Å². The second-order valence-corrected chi connectivity index (χ2v) is 22.6. The van der Waals surface area contributed by atoms with Gasteiger partial charge in [-0.3, -0.25) is 0 Å². The summed E-state index contributed by atoms with van der Waals surface area (Å²) in [7, 11) is -2.91. The van der Waals surface area contributed by atoms with E-state index >= 15 is 0 Å². The van der Waals surface area contributed by atoms with Gasteiger partial charge < -0.3 is 9.80 Å². The molecule has 0 atom stereocenters. The van der Waals surface area contributed by atoms with Crippen LogP contribution in [0, 0.1) is 0 Å². The van der Waals surface area contributed by atoms with Gasteiger partial charge in [0.15, 0.2) is 8.07 Å². The van der Waals surface area contributed by atoms with E-state index in [1.54, 1.807) is 0 Å². The van der Waals surface area contributed by atoms with Crippen LogP contribution in [0.25, 0.3) is 11.1 Å². The zero-order valence-electron chi connectivity index (χ0n) is 35.4. The normalized spacial score (nSPS) is 14.5. The number of para-hydroxylation sites is 1. The third-order valence-corrected chi connectivity index (χ3v) is 18.4.